The molecule has 1 aromatic heterocycles. The third kappa shape index (κ3) is 4.43. The average molecular weight is 312 g/mol. The number of rotatable bonds is 7. The molecule has 0 saturated carbocycles. The van der Waals surface area contributed by atoms with Crippen LogP contribution >= 0.6 is 0 Å². The quantitative estimate of drug-likeness (QED) is 0.786. The van der Waals surface area contributed by atoms with Crippen molar-refractivity contribution in [2.75, 3.05) is 27.2 Å². The molecule has 0 N–H and O–H groups in total. The van der Waals surface area contributed by atoms with Crippen molar-refractivity contribution >= 4 is 0 Å². The fraction of sp³-hybridized carbons (Fsp3) is 0.526. The van der Waals surface area contributed by atoms with Crippen molar-refractivity contribution in [3.8, 4) is 0 Å². The predicted molar refractivity (Wildman–Crippen MR) is 94.4 cm³/mol. The van der Waals surface area contributed by atoms with Gasteiger partial charge < -0.3 is 9.47 Å². The van der Waals surface area contributed by atoms with Gasteiger partial charge in [0.1, 0.15) is 5.82 Å². The molecule has 1 aliphatic heterocycles. The van der Waals surface area contributed by atoms with Gasteiger partial charge in [-0.05, 0) is 52.0 Å². The van der Waals surface area contributed by atoms with Crippen molar-refractivity contribution in [2.45, 2.75) is 38.4 Å². The molecular formula is C19H28N4. The van der Waals surface area contributed by atoms with E-state index in [2.05, 4.69) is 70.0 Å². The molecule has 23 heavy (non-hydrogen) atoms. The molecule has 1 aromatic carbocycles. The summed E-state index contributed by atoms with van der Waals surface area (Å²) in [6.45, 7) is 4.20. The summed E-state index contributed by atoms with van der Waals surface area (Å²) in [6, 6.07) is 11.4. The zero-order valence-electron chi connectivity index (χ0n) is 14.4. The first kappa shape index (κ1) is 16.2. The highest BCUT2D eigenvalue weighted by molar-refractivity contribution is 5.15. The molecule has 0 amide bonds. The van der Waals surface area contributed by atoms with Gasteiger partial charge in [0.05, 0.1) is 6.54 Å². The van der Waals surface area contributed by atoms with Crippen molar-refractivity contribution in [1.82, 2.24) is 19.4 Å². The van der Waals surface area contributed by atoms with Gasteiger partial charge in [-0.3, -0.25) is 4.90 Å². The summed E-state index contributed by atoms with van der Waals surface area (Å²) in [5.41, 5.74) is 1.32. The minimum atomic E-state index is 0.765. The van der Waals surface area contributed by atoms with E-state index >= 15 is 0 Å². The van der Waals surface area contributed by atoms with Crippen molar-refractivity contribution < 1.29 is 0 Å². The maximum absolute atomic E-state index is 4.56. The number of likely N-dealkylation sites (tertiary alicyclic amines) is 1. The Hall–Kier alpha value is -1.65. The second kappa shape index (κ2) is 7.75. The summed E-state index contributed by atoms with van der Waals surface area (Å²) < 4.78 is 2.26. The fourth-order valence-electron chi connectivity index (χ4n) is 3.45. The van der Waals surface area contributed by atoms with Gasteiger partial charge in [-0.2, -0.15) is 0 Å². The molecule has 0 radical (unpaired) electrons. The van der Waals surface area contributed by atoms with Crippen LogP contribution in [0.3, 0.4) is 0 Å². The predicted octanol–water partition coefficient (Wildman–Crippen LogP) is 2.85. The van der Waals surface area contributed by atoms with Gasteiger partial charge in [0.25, 0.3) is 0 Å². The minimum absolute atomic E-state index is 0.765. The van der Waals surface area contributed by atoms with Crippen molar-refractivity contribution in [3.05, 3.63) is 54.1 Å². The molecule has 1 atom stereocenters. The van der Waals surface area contributed by atoms with E-state index in [1.807, 2.05) is 6.20 Å². The van der Waals surface area contributed by atoms with Crippen molar-refractivity contribution in [1.29, 1.82) is 0 Å². The fourth-order valence-corrected chi connectivity index (χ4v) is 3.45. The summed E-state index contributed by atoms with van der Waals surface area (Å²) in [4.78, 5) is 9.46. The summed E-state index contributed by atoms with van der Waals surface area (Å²) in [7, 11) is 4.46. The van der Waals surface area contributed by atoms with Crippen LogP contribution in [0.1, 0.15) is 30.7 Å². The number of hydrogen-bond donors (Lipinski definition) is 0. The van der Waals surface area contributed by atoms with Crippen LogP contribution in [0, 0.1) is 0 Å². The smallest absolute Gasteiger partial charge is 0.123 e. The lowest BCUT2D eigenvalue weighted by atomic mass is 10.1. The Kier molecular flexibility index (Phi) is 5.47. The van der Waals surface area contributed by atoms with Gasteiger partial charge >= 0.3 is 0 Å². The van der Waals surface area contributed by atoms with Crippen LogP contribution in [-0.2, 0) is 13.1 Å². The van der Waals surface area contributed by atoms with Gasteiger partial charge in [-0.25, -0.2) is 4.98 Å². The zero-order valence-corrected chi connectivity index (χ0v) is 14.4. The highest BCUT2D eigenvalue weighted by Gasteiger charge is 2.20. The Bertz CT molecular complexity index is 592. The Morgan fingerprint density at radius 3 is 2.83 bits per heavy atom. The second-order valence-corrected chi connectivity index (χ2v) is 6.76. The molecule has 4 heteroatoms. The van der Waals surface area contributed by atoms with E-state index in [-0.39, 0.29) is 0 Å². The largest absolute Gasteiger partial charge is 0.329 e. The van der Waals surface area contributed by atoms with Gasteiger partial charge in [0.15, 0.2) is 0 Å². The SMILES string of the molecule is CN(CCC1CCCN1C)Cc1nccn1Cc1ccccc1. The lowest BCUT2D eigenvalue weighted by Gasteiger charge is -2.23. The summed E-state index contributed by atoms with van der Waals surface area (Å²) in [5, 5.41) is 0. The molecular weight excluding hydrogens is 284 g/mol. The first-order valence-corrected chi connectivity index (χ1v) is 8.65. The molecule has 1 aliphatic rings. The van der Waals surface area contributed by atoms with Crippen molar-refractivity contribution in [2.24, 2.45) is 0 Å². The topological polar surface area (TPSA) is 24.3 Å². The number of imidazole rings is 1. The van der Waals surface area contributed by atoms with E-state index < -0.39 is 0 Å². The van der Waals surface area contributed by atoms with Gasteiger partial charge in [-0.15, -0.1) is 0 Å². The Labute approximate surface area is 139 Å². The van der Waals surface area contributed by atoms with E-state index in [1.165, 1.54) is 31.4 Å². The summed E-state index contributed by atoms with van der Waals surface area (Å²) in [5.74, 6) is 1.15. The van der Waals surface area contributed by atoms with Crippen LogP contribution in [0.25, 0.3) is 0 Å². The maximum Gasteiger partial charge on any atom is 0.123 e. The van der Waals surface area contributed by atoms with E-state index in [0.717, 1.165) is 31.5 Å². The number of benzene rings is 1. The second-order valence-electron chi connectivity index (χ2n) is 6.76. The molecule has 2 aromatic rings. The lowest BCUT2D eigenvalue weighted by Crippen LogP contribution is -2.30. The van der Waals surface area contributed by atoms with Gasteiger partial charge in [-0.1, -0.05) is 30.3 Å². The summed E-state index contributed by atoms with van der Waals surface area (Å²) in [6.07, 6.45) is 7.96. The number of hydrogen-bond acceptors (Lipinski definition) is 3. The number of aromatic nitrogens is 2. The molecule has 0 spiro atoms. The minimum Gasteiger partial charge on any atom is -0.329 e. The Morgan fingerprint density at radius 1 is 1.26 bits per heavy atom. The molecule has 0 aliphatic carbocycles. The van der Waals surface area contributed by atoms with E-state index in [0.29, 0.717) is 0 Å². The average Bonchev–Trinajstić information content (AvgIpc) is 3.16. The summed E-state index contributed by atoms with van der Waals surface area (Å²) >= 11 is 0. The van der Waals surface area contributed by atoms with Crippen LogP contribution in [-0.4, -0.2) is 52.6 Å². The monoisotopic (exact) mass is 312 g/mol. The lowest BCUT2D eigenvalue weighted by molar-refractivity contribution is 0.241. The van der Waals surface area contributed by atoms with E-state index in [1.54, 1.807) is 0 Å². The highest BCUT2D eigenvalue weighted by atomic mass is 15.2. The molecule has 1 unspecified atom stereocenters. The standard InChI is InChI=1S/C19H28N4/c1-21(13-10-18-9-6-12-22(18)2)16-19-20-11-14-23(19)15-17-7-4-3-5-8-17/h3-5,7-8,11,14,18H,6,9-10,12-13,15-16H2,1-2H3. The molecule has 124 valence electrons. The highest BCUT2D eigenvalue weighted by Crippen LogP contribution is 2.18. The van der Waals surface area contributed by atoms with Gasteiger partial charge in [0, 0.05) is 25.0 Å². The van der Waals surface area contributed by atoms with Crippen LogP contribution < -0.4 is 0 Å². The third-order valence-electron chi connectivity index (χ3n) is 4.92. The maximum atomic E-state index is 4.56. The Balaban J connectivity index is 1.52. The van der Waals surface area contributed by atoms with Crippen LogP contribution in [0.15, 0.2) is 42.7 Å². The van der Waals surface area contributed by atoms with Crippen LogP contribution in [0.4, 0.5) is 0 Å². The van der Waals surface area contributed by atoms with Crippen LogP contribution in [0.5, 0.6) is 0 Å². The first-order valence-electron chi connectivity index (χ1n) is 8.65. The third-order valence-corrected chi connectivity index (χ3v) is 4.92. The molecule has 2 heterocycles. The molecule has 1 saturated heterocycles. The normalized spacial score (nSPS) is 18.8. The first-order chi connectivity index (χ1) is 11.2. The van der Waals surface area contributed by atoms with Crippen LogP contribution in [0.2, 0.25) is 0 Å². The Morgan fingerprint density at radius 2 is 2.09 bits per heavy atom. The molecule has 1 fully saturated rings. The molecule has 3 rings (SSSR count). The molecule has 4 nitrogen and oxygen atoms in total. The van der Waals surface area contributed by atoms with E-state index in [4.69, 9.17) is 0 Å². The van der Waals surface area contributed by atoms with Crippen molar-refractivity contribution in [3.63, 3.8) is 0 Å². The zero-order chi connectivity index (χ0) is 16.1. The van der Waals surface area contributed by atoms with Gasteiger partial charge in [0.2, 0.25) is 0 Å². The number of nitrogens with zero attached hydrogens (tertiary/aromatic N) is 4. The molecule has 0 bridgehead atoms. The van der Waals surface area contributed by atoms with E-state index in [9.17, 15) is 0 Å².